The van der Waals surface area contributed by atoms with Gasteiger partial charge in [0.15, 0.2) is 0 Å². The van der Waals surface area contributed by atoms with Crippen LogP contribution in [-0.2, 0) is 0 Å². The molecule has 0 spiro atoms. The molecule has 2 aromatic carbocycles. The summed E-state index contributed by atoms with van der Waals surface area (Å²) in [6.07, 6.45) is 0. The third-order valence-electron chi connectivity index (χ3n) is 3.02. The monoisotopic (exact) mass is 364 g/mol. The minimum atomic E-state index is -0.807. The lowest BCUT2D eigenvalue weighted by molar-refractivity contribution is -0.385. The zero-order chi connectivity index (χ0) is 18.6. The highest BCUT2D eigenvalue weighted by Crippen LogP contribution is 2.22. The molecule has 0 heterocycles. The van der Waals surface area contributed by atoms with Gasteiger partial charge < -0.3 is 0 Å². The first-order chi connectivity index (χ1) is 11.8. The van der Waals surface area contributed by atoms with Crippen molar-refractivity contribution in [3.63, 3.8) is 0 Å². The van der Waals surface area contributed by atoms with Crippen LogP contribution >= 0.6 is 11.6 Å². The van der Waals surface area contributed by atoms with Crippen molar-refractivity contribution >= 4 is 34.8 Å². The molecule has 0 aliphatic rings. The number of carbonyl (C=O) groups excluding carboxylic acids is 2. The fraction of sp³-hybridized carbons (Fsp3) is 0. The van der Waals surface area contributed by atoms with Crippen LogP contribution in [0.5, 0.6) is 0 Å². The van der Waals surface area contributed by atoms with E-state index in [9.17, 15) is 29.8 Å². The van der Waals surface area contributed by atoms with Gasteiger partial charge in [0.2, 0.25) is 0 Å². The van der Waals surface area contributed by atoms with Gasteiger partial charge in [0.1, 0.15) is 0 Å². The molecule has 0 aliphatic heterocycles. The van der Waals surface area contributed by atoms with Crippen LogP contribution in [0.2, 0.25) is 5.02 Å². The Morgan fingerprint density at radius 3 is 2.08 bits per heavy atom. The number of carbonyl (C=O) groups is 2. The van der Waals surface area contributed by atoms with Gasteiger partial charge in [-0.3, -0.25) is 40.7 Å². The third kappa shape index (κ3) is 4.26. The molecule has 11 heteroatoms. The topological polar surface area (TPSA) is 144 Å². The number of hydrogen-bond acceptors (Lipinski definition) is 6. The van der Waals surface area contributed by atoms with Crippen LogP contribution in [0, 0.1) is 20.2 Å². The molecule has 0 aromatic heterocycles. The number of nitro benzene ring substituents is 2. The highest BCUT2D eigenvalue weighted by atomic mass is 35.5. The molecule has 0 fully saturated rings. The van der Waals surface area contributed by atoms with Gasteiger partial charge in [-0.25, -0.2) is 0 Å². The highest BCUT2D eigenvalue weighted by Gasteiger charge is 2.16. The van der Waals surface area contributed by atoms with E-state index in [1.54, 1.807) is 0 Å². The van der Waals surface area contributed by atoms with Crippen LogP contribution in [0.15, 0.2) is 42.5 Å². The van der Waals surface area contributed by atoms with Crippen LogP contribution in [0.1, 0.15) is 20.7 Å². The van der Waals surface area contributed by atoms with Gasteiger partial charge >= 0.3 is 0 Å². The van der Waals surface area contributed by atoms with E-state index in [0.717, 1.165) is 24.3 Å². The summed E-state index contributed by atoms with van der Waals surface area (Å²) < 4.78 is 0. The van der Waals surface area contributed by atoms with Crippen molar-refractivity contribution in [2.45, 2.75) is 0 Å². The Hall–Kier alpha value is -3.53. The summed E-state index contributed by atoms with van der Waals surface area (Å²) in [5, 5.41) is 21.1. The minimum absolute atomic E-state index is 0.0377. The Labute approximate surface area is 144 Å². The molecule has 25 heavy (non-hydrogen) atoms. The first-order valence-electron chi connectivity index (χ1n) is 6.58. The van der Waals surface area contributed by atoms with E-state index < -0.39 is 21.7 Å². The Bertz CT molecular complexity index is 885. The lowest BCUT2D eigenvalue weighted by Crippen LogP contribution is -2.41. The van der Waals surface area contributed by atoms with E-state index in [0.29, 0.717) is 0 Å². The highest BCUT2D eigenvalue weighted by molar-refractivity contribution is 6.34. The minimum Gasteiger partial charge on any atom is -0.267 e. The van der Waals surface area contributed by atoms with Gasteiger partial charge in [-0.15, -0.1) is 0 Å². The number of rotatable bonds is 4. The van der Waals surface area contributed by atoms with Crippen LogP contribution in [0.3, 0.4) is 0 Å². The van der Waals surface area contributed by atoms with E-state index in [2.05, 4.69) is 10.9 Å². The summed E-state index contributed by atoms with van der Waals surface area (Å²) in [7, 11) is 0. The Morgan fingerprint density at radius 2 is 1.48 bits per heavy atom. The molecule has 0 unspecified atom stereocenters. The number of non-ortho nitro benzene ring substituents is 2. The molecule has 2 rings (SSSR count). The van der Waals surface area contributed by atoms with Crippen molar-refractivity contribution in [2.75, 3.05) is 0 Å². The number of hydrazine groups is 1. The van der Waals surface area contributed by atoms with Crippen molar-refractivity contribution < 1.29 is 19.4 Å². The van der Waals surface area contributed by atoms with Crippen LogP contribution < -0.4 is 10.9 Å². The van der Waals surface area contributed by atoms with Crippen LogP contribution in [0.4, 0.5) is 11.4 Å². The molecule has 2 amide bonds. The lowest BCUT2D eigenvalue weighted by atomic mass is 10.2. The Morgan fingerprint density at radius 1 is 0.880 bits per heavy atom. The molecule has 2 N–H and O–H groups in total. The predicted octanol–water partition coefficient (Wildman–Crippen LogP) is 2.23. The normalized spacial score (nSPS) is 9.96. The predicted molar refractivity (Wildman–Crippen MR) is 86.1 cm³/mol. The Balaban J connectivity index is 2.07. The van der Waals surface area contributed by atoms with Crippen LogP contribution in [0.25, 0.3) is 0 Å². The standard InChI is InChI=1S/C14H9ClN4O6/c15-12-7-10(19(24)25)4-5-11(12)14(21)17-16-13(20)8-2-1-3-9(6-8)18(22)23/h1-7H,(H,16,20)(H,17,21). The van der Waals surface area contributed by atoms with Crippen molar-refractivity contribution in [1.82, 2.24) is 10.9 Å². The SMILES string of the molecule is O=C(NNC(=O)c1ccc([N+](=O)[O-])cc1Cl)c1cccc([N+](=O)[O-])c1. The van der Waals surface area contributed by atoms with Crippen LogP contribution in [-0.4, -0.2) is 21.7 Å². The fourth-order valence-corrected chi connectivity index (χ4v) is 2.08. The third-order valence-corrected chi connectivity index (χ3v) is 3.33. The zero-order valence-corrected chi connectivity index (χ0v) is 13.0. The molecule has 128 valence electrons. The van der Waals surface area contributed by atoms with Crippen molar-refractivity contribution in [3.8, 4) is 0 Å². The summed E-state index contributed by atoms with van der Waals surface area (Å²) in [6, 6.07) is 8.12. The summed E-state index contributed by atoms with van der Waals surface area (Å²) in [5.74, 6) is -1.59. The first kappa shape index (κ1) is 17.8. The van der Waals surface area contributed by atoms with Gasteiger partial charge in [0.05, 0.1) is 20.4 Å². The van der Waals surface area contributed by atoms with E-state index in [1.807, 2.05) is 0 Å². The van der Waals surface area contributed by atoms with Gasteiger partial charge in [0, 0.05) is 29.8 Å². The molecule has 0 atom stereocenters. The number of hydrogen-bond donors (Lipinski definition) is 2. The molecule has 0 radical (unpaired) electrons. The second kappa shape index (κ2) is 7.36. The van der Waals surface area contributed by atoms with E-state index in [4.69, 9.17) is 11.6 Å². The Kier molecular flexibility index (Phi) is 5.25. The average molecular weight is 365 g/mol. The maximum Gasteiger partial charge on any atom is 0.271 e. The van der Waals surface area contributed by atoms with Crippen molar-refractivity contribution in [3.05, 3.63) is 78.8 Å². The number of benzene rings is 2. The molecular formula is C14H9ClN4O6. The second-order valence-electron chi connectivity index (χ2n) is 4.64. The maximum absolute atomic E-state index is 12.0. The van der Waals surface area contributed by atoms with E-state index in [-0.39, 0.29) is 27.5 Å². The molecule has 10 nitrogen and oxygen atoms in total. The summed E-state index contributed by atoms with van der Waals surface area (Å²) in [5.41, 5.74) is 3.45. The fourth-order valence-electron chi connectivity index (χ4n) is 1.82. The van der Waals surface area contributed by atoms with Crippen molar-refractivity contribution in [2.24, 2.45) is 0 Å². The molecule has 0 saturated heterocycles. The first-order valence-corrected chi connectivity index (χ1v) is 6.96. The molecule has 2 aromatic rings. The van der Waals surface area contributed by atoms with Gasteiger partial charge in [-0.2, -0.15) is 0 Å². The van der Waals surface area contributed by atoms with Gasteiger partial charge in [0.25, 0.3) is 23.2 Å². The summed E-state index contributed by atoms with van der Waals surface area (Å²) in [4.78, 5) is 43.9. The quantitative estimate of drug-likeness (QED) is 0.628. The zero-order valence-electron chi connectivity index (χ0n) is 12.3. The molecular weight excluding hydrogens is 356 g/mol. The number of amides is 2. The van der Waals surface area contributed by atoms with E-state index >= 15 is 0 Å². The molecule has 0 saturated carbocycles. The summed E-state index contributed by atoms with van der Waals surface area (Å²) >= 11 is 5.80. The van der Waals surface area contributed by atoms with Gasteiger partial charge in [-0.1, -0.05) is 17.7 Å². The molecule has 0 aliphatic carbocycles. The lowest BCUT2D eigenvalue weighted by Gasteiger charge is -2.08. The molecule has 0 bridgehead atoms. The smallest absolute Gasteiger partial charge is 0.267 e. The van der Waals surface area contributed by atoms with E-state index in [1.165, 1.54) is 18.2 Å². The summed E-state index contributed by atoms with van der Waals surface area (Å²) in [6.45, 7) is 0. The van der Waals surface area contributed by atoms with Gasteiger partial charge in [-0.05, 0) is 12.1 Å². The van der Waals surface area contributed by atoms with Crippen molar-refractivity contribution in [1.29, 1.82) is 0 Å². The maximum atomic E-state index is 12.0. The average Bonchev–Trinajstić information content (AvgIpc) is 2.59. The number of nitrogens with one attached hydrogen (secondary N) is 2. The number of nitrogens with zero attached hydrogens (tertiary/aromatic N) is 2. The largest absolute Gasteiger partial charge is 0.271 e. The second-order valence-corrected chi connectivity index (χ2v) is 5.04. The number of nitro groups is 2. The number of halogens is 1.